The van der Waals surface area contributed by atoms with E-state index in [9.17, 15) is 9.90 Å². The second-order valence-electron chi connectivity index (χ2n) is 5.40. The Bertz CT molecular complexity index is 454. The zero-order chi connectivity index (χ0) is 14.6. The highest BCUT2D eigenvalue weighted by molar-refractivity contribution is 5.88. The molecule has 0 spiro atoms. The topological polar surface area (TPSA) is 103 Å². The van der Waals surface area contributed by atoms with Gasteiger partial charge in [0.15, 0.2) is 0 Å². The first-order chi connectivity index (χ1) is 8.74. The van der Waals surface area contributed by atoms with E-state index in [1.165, 1.54) is 12.1 Å². The predicted molar refractivity (Wildman–Crippen MR) is 71.5 cm³/mol. The molecule has 0 fully saturated rings. The third kappa shape index (κ3) is 4.50. The van der Waals surface area contributed by atoms with Crippen LogP contribution >= 0.6 is 0 Å². The summed E-state index contributed by atoms with van der Waals surface area (Å²) in [6, 6.07) is 2.94. The van der Waals surface area contributed by atoms with Crippen LogP contribution in [0.5, 0.6) is 0 Å². The van der Waals surface area contributed by atoms with E-state index >= 15 is 0 Å². The van der Waals surface area contributed by atoms with Gasteiger partial charge in [-0.25, -0.2) is 9.78 Å². The summed E-state index contributed by atoms with van der Waals surface area (Å²) in [6.07, 6.45) is -0.909. The highest BCUT2D eigenvalue weighted by Gasteiger charge is 2.19. The number of aromatic carboxylic acids is 1. The van der Waals surface area contributed by atoms with Crippen LogP contribution in [0.2, 0.25) is 0 Å². The van der Waals surface area contributed by atoms with Crippen LogP contribution in [0.4, 0.5) is 5.82 Å². The molecule has 0 saturated heterocycles. The molecule has 0 aromatic carbocycles. The van der Waals surface area contributed by atoms with E-state index < -0.39 is 12.1 Å². The molecule has 0 aliphatic carbocycles. The summed E-state index contributed by atoms with van der Waals surface area (Å²) >= 11 is 0. The number of carbonyl (C=O) groups is 1. The third-order valence-corrected chi connectivity index (χ3v) is 2.57. The molecule has 0 amide bonds. The maximum absolute atomic E-state index is 11.1. The molecule has 0 saturated carbocycles. The molecule has 19 heavy (non-hydrogen) atoms. The minimum atomic E-state index is -1.03. The van der Waals surface area contributed by atoms with Gasteiger partial charge in [0.1, 0.15) is 5.82 Å². The molecule has 6 nitrogen and oxygen atoms in total. The predicted octanol–water partition coefficient (Wildman–Crippen LogP) is 0.842. The summed E-state index contributed by atoms with van der Waals surface area (Å²) < 4.78 is 0. The normalized spacial score (nSPS) is 13.1. The van der Waals surface area contributed by atoms with Gasteiger partial charge in [0, 0.05) is 17.7 Å². The van der Waals surface area contributed by atoms with E-state index in [4.69, 9.17) is 10.2 Å². The first-order valence-electron chi connectivity index (χ1n) is 6.02. The molecule has 1 unspecified atom stereocenters. The number of nitrogens with one attached hydrogen (secondary N) is 1. The summed E-state index contributed by atoms with van der Waals surface area (Å²) in [5.74, 6) is -0.656. The van der Waals surface area contributed by atoms with Gasteiger partial charge in [-0.3, -0.25) is 0 Å². The van der Waals surface area contributed by atoms with E-state index in [0.717, 1.165) is 0 Å². The number of rotatable bonds is 5. The van der Waals surface area contributed by atoms with Crippen molar-refractivity contribution in [3.05, 3.63) is 23.4 Å². The van der Waals surface area contributed by atoms with Crippen LogP contribution in [0.3, 0.4) is 0 Å². The molecule has 1 aromatic heterocycles. The molecule has 0 aliphatic heterocycles. The summed E-state index contributed by atoms with van der Waals surface area (Å²) in [7, 11) is 0. The van der Waals surface area contributed by atoms with Crippen LogP contribution in [0.25, 0.3) is 0 Å². The number of carboxylic acids is 1. The molecule has 1 rings (SSSR count). The Morgan fingerprint density at radius 3 is 2.53 bits per heavy atom. The van der Waals surface area contributed by atoms with Gasteiger partial charge in [-0.15, -0.1) is 0 Å². The monoisotopic (exact) mass is 268 g/mol. The number of anilines is 1. The van der Waals surface area contributed by atoms with Crippen LogP contribution in [-0.2, 0) is 5.41 Å². The number of aliphatic hydroxyl groups is 2. The lowest BCUT2D eigenvalue weighted by atomic mass is 9.91. The van der Waals surface area contributed by atoms with Crippen molar-refractivity contribution in [1.82, 2.24) is 4.98 Å². The number of nitrogens with zero attached hydrogens (tertiary/aromatic N) is 1. The minimum Gasteiger partial charge on any atom is -0.478 e. The first kappa shape index (κ1) is 15.4. The van der Waals surface area contributed by atoms with Gasteiger partial charge in [-0.05, 0) is 12.1 Å². The van der Waals surface area contributed by atoms with E-state index in [2.05, 4.69) is 10.3 Å². The lowest BCUT2D eigenvalue weighted by Gasteiger charge is -2.20. The molecule has 0 radical (unpaired) electrons. The number of hydrogen-bond donors (Lipinski definition) is 4. The number of aliphatic hydroxyl groups excluding tert-OH is 2. The van der Waals surface area contributed by atoms with Crippen molar-refractivity contribution in [2.45, 2.75) is 32.3 Å². The fraction of sp³-hybridized carbons (Fsp3) is 0.538. The van der Waals surface area contributed by atoms with Crippen molar-refractivity contribution < 1.29 is 20.1 Å². The Balaban J connectivity index is 3.03. The maximum Gasteiger partial charge on any atom is 0.335 e. The van der Waals surface area contributed by atoms with Crippen molar-refractivity contribution in [3.8, 4) is 0 Å². The van der Waals surface area contributed by atoms with Gasteiger partial charge in [-0.2, -0.15) is 0 Å². The Kier molecular flexibility index (Phi) is 4.85. The zero-order valence-electron chi connectivity index (χ0n) is 11.3. The molecule has 106 valence electrons. The zero-order valence-corrected chi connectivity index (χ0v) is 11.3. The highest BCUT2D eigenvalue weighted by atomic mass is 16.4. The van der Waals surface area contributed by atoms with Crippen LogP contribution < -0.4 is 5.32 Å². The van der Waals surface area contributed by atoms with Gasteiger partial charge < -0.3 is 20.6 Å². The molecule has 1 atom stereocenters. The first-order valence-corrected chi connectivity index (χ1v) is 6.02. The molecule has 1 aromatic rings. The SMILES string of the molecule is CC(C)(C)c1cc(C(=O)O)cc(NCC(O)CO)n1. The van der Waals surface area contributed by atoms with Gasteiger partial charge >= 0.3 is 5.97 Å². The van der Waals surface area contributed by atoms with Crippen LogP contribution in [0.15, 0.2) is 12.1 Å². The summed E-state index contributed by atoms with van der Waals surface area (Å²) in [5.41, 5.74) is 0.506. The largest absolute Gasteiger partial charge is 0.478 e. The number of hydrogen-bond acceptors (Lipinski definition) is 5. The summed E-state index contributed by atoms with van der Waals surface area (Å²) in [4.78, 5) is 15.4. The van der Waals surface area contributed by atoms with Gasteiger partial charge in [0.05, 0.1) is 18.3 Å². The third-order valence-electron chi connectivity index (χ3n) is 2.57. The van der Waals surface area contributed by atoms with Crippen molar-refractivity contribution in [2.24, 2.45) is 0 Å². The molecule has 6 heteroatoms. The minimum absolute atomic E-state index is 0.107. The van der Waals surface area contributed by atoms with E-state index in [1.54, 1.807) is 0 Å². The Morgan fingerprint density at radius 2 is 2.05 bits per heavy atom. The average Bonchev–Trinajstić information content (AvgIpc) is 2.34. The second kappa shape index (κ2) is 5.99. The Labute approximate surface area is 112 Å². The molecular weight excluding hydrogens is 248 g/mol. The fourth-order valence-corrected chi connectivity index (χ4v) is 1.42. The Morgan fingerprint density at radius 1 is 1.42 bits per heavy atom. The Hall–Kier alpha value is -1.66. The quantitative estimate of drug-likeness (QED) is 0.631. The summed E-state index contributed by atoms with van der Waals surface area (Å²) in [5, 5.41) is 29.9. The van der Waals surface area contributed by atoms with Crippen molar-refractivity contribution in [2.75, 3.05) is 18.5 Å². The number of aromatic nitrogens is 1. The van der Waals surface area contributed by atoms with Gasteiger partial charge in [0.25, 0.3) is 0 Å². The smallest absolute Gasteiger partial charge is 0.335 e. The second-order valence-corrected chi connectivity index (χ2v) is 5.40. The van der Waals surface area contributed by atoms with Crippen molar-refractivity contribution >= 4 is 11.8 Å². The van der Waals surface area contributed by atoms with Gasteiger partial charge in [0.2, 0.25) is 0 Å². The molecule has 1 heterocycles. The van der Waals surface area contributed by atoms with Crippen molar-refractivity contribution in [3.63, 3.8) is 0 Å². The highest BCUT2D eigenvalue weighted by Crippen LogP contribution is 2.23. The average molecular weight is 268 g/mol. The lowest BCUT2D eigenvalue weighted by Crippen LogP contribution is -2.24. The van der Waals surface area contributed by atoms with E-state index in [1.807, 2.05) is 20.8 Å². The molecule has 4 N–H and O–H groups in total. The van der Waals surface area contributed by atoms with Gasteiger partial charge in [-0.1, -0.05) is 20.8 Å². The molecule has 0 bridgehead atoms. The standard InChI is InChI=1S/C13H20N2O4/c1-13(2,3)10-4-8(12(18)19)5-11(15-10)14-6-9(17)7-16/h4-5,9,16-17H,6-7H2,1-3H3,(H,14,15)(H,18,19). The van der Waals surface area contributed by atoms with E-state index in [-0.39, 0.29) is 24.1 Å². The number of pyridine rings is 1. The van der Waals surface area contributed by atoms with Crippen molar-refractivity contribution in [1.29, 1.82) is 0 Å². The fourth-order valence-electron chi connectivity index (χ4n) is 1.42. The van der Waals surface area contributed by atoms with Crippen LogP contribution in [0, 0.1) is 0 Å². The molecular formula is C13H20N2O4. The maximum atomic E-state index is 11.1. The van der Waals surface area contributed by atoms with Crippen LogP contribution in [0.1, 0.15) is 36.8 Å². The summed E-state index contributed by atoms with van der Waals surface area (Å²) in [6.45, 7) is 5.56. The lowest BCUT2D eigenvalue weighted by molar-refractivity contribution is 0.0696. The number of carboxylic acid groups (broad SMARTS) is 1. The van der Waals surface area contributed by atoms with Crippen LogP contribution in [-0.4, -0.2) is 45.5 Å². The van der Waals surface area contributed by atoms with E-state index in [0.29, 0.717) is 11.5 Å². The molecule has 0 aliphatic rings.